The van der Waals surface area contributed by atoms with Gasteiger partial charge in [0, 0.05) is 15.4 Å². The van der Waals surface area contributed by atoms with Crippen LogP contribution < -0.4 is 9.47 Å². The Bertz CT molecular complexity index is 1520. The number of ether oxygens (including phenoxy) is 4. The van der Waals surface area contributed by atoms with Gasteiger partial charge in [-0.1, -0.05) is 66.4 Å². The first-order chi connectivity index (χ1) is 20.4. The van der Waals surface area contributed by atoms with Crippen LogP contribution in [0.1, 0.15) is 41.5 Å². The number of esters is 2. The van der Waals surface area contributed by atoms with Crippen LogP contribution in [0.25, 0.3) is 22.3 Å². The summed E-state index contributed by atoms with van der Waals surface area (Å²) < 4.78 is 22.1. The third-order valence-corrected chi connectivity index (χ3v) is 6.93. The summed E-state index contributed by atoms with van der Waals surface area (Å²) >= 11 is 1.69. The first-order valence-electron chi connectivity index (χ1n) is 14.1. The van der Waals surface area contributed by atoms with Crippen LogP contribution in [0.4, 0.5) is 0 Å². The maximum atomic E-state index is 12.1. The summed E-state index contributed by atoms with van der Waals surface area (Å²) in [7, 11) is 0. The lowest BCUT2D eigenvalue weighted by atomic mass is 9.94. The Balaban J connectivity index is 1.59. The largest absolute Gasteiger partial charge is 0.482 e. The number of carbonyl (C=O) groups is 2. The van der Waals surface area contributed by atoms with Crippen molar-refractivity contribution in [2.45, 2.75) is 62.5 Å². The molecule has 7 heteroatoms. The lowest BCUT2D eigenvalue weighted by molar-refractivity contribution is -0.158. The van der Waals surface area contributed by atoms with Crippen LogP contribution >= 0.6 is 11.8 Å². The van der Waals surface area contributed by atoms with E-state index in [0.29, 0.717) is 11.5 Å². The van der Waals surface area contributed by atoms with Crippen molar-refractivity contribution in [3.05, 3.63) is 97.1 Å². The SMILES string of the molecule is CC(C)(C)OC(=O)COc1ccc(-c2cccc(Sc3ccccc3)c2-c2ccc(OCC(=O)OC(C)(C)C)cc2)cc1. The van der Waals surface area contributed by atoms with Gasteiger partial charge in [0.15, 0.2) is 13.2 Å². The molecule has 6 nitrogen and oxygen atoms in total. The highest BCUT2D eigenvalue weighted by molar-refractivity contribution is 7.99. The average molecular weight is 599 g/mol. The van der Waals surface area contributed by atoms with E-state index in [0.717, 1.165) is 32.0 Å². The van der Waals surface area contributed by atoms with E-state index in [9.17, 15) is 9.59 Å². The quantitative estimate of drug-likeness (QED) is 0.169. The van der Waals surface area contributed by atoms with Crippen molar-refractivity contribution in [1.82, 2.24) is 0 Å². The normalized spacial score (nSPS) is 11.5. The lowest BCUT2D eigenvalue weighted by Crippen LogP contribution is -2.27. The van der Waals surface area contributed by atoms with Gasteiger partial charge in [-0.2, -0.15) is 0 Å². The predicted molar refractivity (Wildman–Crippen MR) is 171 cm³/mol. The fourth-order valence-corrected chi connectivity index (χ4v) is 5.27. The molecule has 0 spiro atoms. The van der Waals surface area contributed by atoms with Gasteiger partial charge in [-0.15, -0.1) is 0 Å². The molecule has 224 valence electrons. The lowest BCUT2D eigenvalue weighted by Gasteiger charge is -2.20. The standard InChI is InChI=1S/C36H38O6S/c1-35(2,3)41-32(37)23-39-27-19-15-25(16-20-27)30-13-10-14-31(43-29-11-8-7-9-12-29)34(30)26-17-21-28(22-18-26)40-24-33(38)42-36(4,5)6/h7-22H,23-24H2,1-6H3. The van der Waals surface area contributed by atoms with Crippen molar-refractivity contribution in [1.29, 1.82) is 0 Å². The van der Waals surface area contributed by atoms with Gasteiger partial charge in [-0.05, 0) is 101 Å². The van der Waals surface area contributed by atoms with Gasteiger partial charge in [0.05, 0.1) is 0 Å². The molecular formula is C36H38O6S. The van der Waals surface area contributed by atoms with E-state index >= 15 is 0 Å². The molecule has 43 heavy (non-hydrogen) atoms. The molecule has 4 rings (SSSR count). The van der Waals surface area contributed by atoms with Crippen molar-refractivity contribution < 1.29 is 28.5 Å². The Hall–Kier alpha value is -4.23. The topological polar surface area (TPSA) is 71.1 Å². The summed E-state index contributed by atoms with van der Waals surface area (Å²) in [5, 5.41) is 0. The molecule has 0 amide bonds. The minimum absolute atomic E-state index is 0.159. The van der Waals surface area contributed by atoms with Crippen LogP contribution in [-0.2, 0) is 19.1 Å². The molecule has 0 aromatic heterocycles. The number of rotatable bonds is 10. The summed E-state index contributed by atoms with van der Waals surface area (Å²) in [5.74, 6) is 0.332. The molecule has 0 bridgehead atoms. The second-order valence-electron chi connectivity index (χ2n) is 11.9. The van der Waals surface area contributed by atoms with Gasteiger partial charge in [0.2, 0.25) is 0 Å². The van der Waals surface area contributed by atoms with E-state index < -0.39 is 23.1 Å². The highest BCUT2D eigenvalue weighted by Gasteiger charge is 2.19. The molecule has 0 aliphatic carbocycles. The number of hydrogen-bond acceptors (Lipinski definition) is 7. The van der Waals surface area contributed by atoms with Crippen LogP contribution in [0, 0.1) is 0 Å². The van der Waals surface area contributed by atoms with Gasteiger partial charge in [0.25, 0.3) is 0 Å². The Morgan fingerprint density at radius 2 is 1.07 bits per heavy atom. The zero-order valence-corrected chi connectivity index (χ0v) is 26.3. The van der Waals surface area contributed by atoms with Gasteiger partial charge in [0.1, 0.15) is 22.7 Å². The zero-order valence-electron chi connectivity index (χ0n) is 25.5. The molecule has 0 aliphatic heterocycles. The third-order valence-electron chi connectivity index (χ3n) is 5.86. The van der Waals surface area contributed by atoms with Crippen LogP contribution in [0.3, 0.4) is 0 Å². The van der Waals surface area contributed by atoms with Gasteiger partial charge >= 0.3 is 11.9 Å². The van der Waals surface area contributed by atoms with E-state index in [1.165, 1.54) is 0 Å². The average Bonchev–Trinajstić information content (AvgIpc) is 2.94. The molecule has 0 radical (unpaired) electrons. The van der Waals surface area contributed by atoms with Crippen molar-refractivity contribution in [2.24, 2.45) is 0 Å². The van der Waals surface area contributed by atoms with E-state index in [1.807, 2.05) is 108 Å². The van der Waals surface area contributed by atoms with Gasteiger partial charge < -0.3 is 18.9 Å². The van der Waals surface area contributed by atoms with Crippen molar-refractivity contribution in [2.75, 3.05) is 13.2 Å². The predicted octanol–water partition coefficient (Wildman–Crippen LogP) is 8.61. The molecule has 0 heterocycles. The van der Waals surface area contributed by atoms with E-state index in [1.54, 1.807) is 11.8 Å². The Labute approximate surface area is 258 Å². The Morgan fingerprint density at radius 3 is 1.56 bits per heavy atom. The molecule has 0 N–H and O–H groups in total. The van der Waals surface area contributed by atoms with Crippen LogP contribution in [0.15, 0.2) is 107 Å². The summed E-state index contributed by atoms with van der Waals surface area (Å²) in [6.45, 7) is 10.6. The van der Waals surface area contributed by atoms with Crippen molar-refractivity contribution in [3.8, 4) is 33.8 Å². The maximum absolute atomic E-state index is 12.1. The molecule has 0 saturated carbocycles. The van der Waals surface area contributed by atoms with Crippen LogP contribution in [0.5, 0.6) is 11.5 Å². The molecule has 0 fully saturated rings. The van der Waals surface area contributed by atoms with Crippen LogP contribution in [0.2, 0.25) is 0 Å². The third kappa shape index (κ3) is 9.93. The maximum Gasteiger partial charge on any atom is 0.344 e. The minimum Gasteiger partial charge on any atom is -0.482 e. The Morgan fingerprint density at radius 1 is 0.581 bits per heavy atom. The molecule has 0 atom stereocenters. The van der Waals surface area contributed by atoms with Gasteiger partial charge in [-0.25, -0.2) is 9.59 Å². The first-order valence-corrected chi connectivity index (χ1v) is 14.9. The van der Waals surface area contributed by atoms with E-state index in [2.05, 4.69) is 30.3 Å². The highest BCUT2D eigenvalue weighted by Crippen LogP contribution is 2.42. The molecule has 4 aromatic rings. The highest BCUT2D eigenvalue weighted by atomic mass is 32.2. The van der Waals surface area contributed by atoms with E-state index in [-0.39, 0.29) is 13.2 Å². The second-order valence-corrected chi connectivity index (χ2v) is 13.0. The summed E-state index contributed by atoms with van der Waals surface area (Å²) in [4.78, 5) is 26.4. The molecule has 4 aromatic carbocycles. The molecular weight excluding hydrogens is 560 g/mol. The second kappa shape index (κ2) is 13.8. The fraction of sp³-hybridized carbons (Fsp3) is 0.278. The van der Waals surface area contributed by atoms with Crippen LogP contribution in [-0.4, -0.2) is 36.4 Å². The number of hydrogen-bond donors (Lipinski definition) is 0. The number of benzene rings is 4. The van der Waals surface area contributed by atoms with E-state index in [4.69, 9.17) is 18.9 Å². The number of carbonyl (C=O) groups excluding carboxylic acids is 2. The van der Waals surface area contributed by atoms with Crippen molar-refractivity contribution >= 4 is 23.7 Å². The van der Waals surface area contributed by atoms with Gasteiger partial charge in [-0.3, -0.25) is 0 Å². The Kier molecular flexibility index (Phi) is 10.2. The first kappa shape index (κ1) is 31.7. The zero-order chi connectivity index (χ0) is 31.0. The monoisotopic (exact) mass is 598 g/mol. The molecule has 0 aliphatic rings. The fourth-order valence-electron chi connectivity index (χ4n) is 4.25. The summed E-state index contributed by atoms with van der Waals surface area (Å²) in [5.41, 5.74) is 2.98. The summed E-state index contributed by atoms with van der Waals surface area (Å²) in [6.07, 6.45) is 0. The van der Waals surface area contributed by atoms with Crippen molar-refractivity contribution in [3.63, 3.8) is 0 Å². The molecule has 0 unspecified atom stereocenters. The minimum atomic E-state index is -0.566. The smallest absolute Gasteiger partial charge is 0.344 e. The molecule has 0 saturated heterocycles. The summed E-state index contributed by atoms with van der Waals surface area (Å²) in [6, 6.07) is 31.9.